The van der Waals surface area contributed by atoms with Crippen LogP contribution in [0.3, 0.4) is 0 Å². The van der Waals surface area contributed by atoms with E-state index in [0.29, 0.717) is 18.3 Å². The number of hydrogen-bond donors (Lipinski definition) is 2. The molecule has 0 unspecified atom stereocenters. The Hall–Kier alpha value is -3.07. The molecule has 2 heterocycles. The van der Waals surface area contributed by atoms with Gasteiger partial charge in [-0.3, -0.25) is 4.79 Å². The lowest BCUT2D eigenvalue weighted by molar-refractivity contribution is -0.119. The third kappa shape index (κ3) is 3.47. The maximum atomic E-state index is 12.6. The normalized spacial score (nSPS) is 15.7. The van der Waals surface area contributed by atoms with E-state index in [1.807, 2.05) is 17.0 Å². The number of fused-ring (bicyclic) bond motifs is 1. The predicted molar refractivity (Wildman–Crippen MR) is 102 cm³/mol. The summed E-state index contributed by atoms with van der Waals surface area (Å²) in [5.41, 5.74) is 3.16. The van der Waals surface area contributed by atoms with Crippen LogP contribution in [-0.4, -0.2) is 29.0 Å². The molecule has 0 bridgehead atoms. The summed E-state index contributed by atoms with van der Waals surface area (Å²) < 4.78 is 0. The van der Waals surface area contributed by atoms with Gasteiger partial charge in [0, 0.05) is 30.0 Å². The van der Waals surface area contributed by atoms with Gasteiger partial charge in [-0.2, -0.15) is 4.98 Å². The van der Waals surface area contributed by atoms with Crippen LogP contribution in [0, 0.1) is 18.3 Å². The van der Waals surface area contributed by atoms with Gasteiger partial charge in [-0.15, -0.1) is 6.42 Å². The first-order valence-electron chi connectivity index (χ1n) is 8.96. The minimum atomic E-state index is 0.226. The number of aromatic nitrogens is 2. The third-order valence-corrected chi connectivity index (χ3v) is 4.67. The summed E-state index contributed by atoms with van der Waals surface area (Å²) in [6.45, 7) is 1.18. The van der Waals surface area contributed by atoms with Crippen molar-refractivity contribution in [3.8, 4) is 12.3 Å². The summed E-state index contributed by atoms with van der Waals surface area (Å²) >= 11 is 0. The number of benzene rings is 1. The number of anilines is 4. The number of nitrogens with one attached hydrogen (secondary N) is 2. The Morgan fingerprint density at radius 3 is 3.04 bits per heavy atom. The van der Waals surface area contributed by atoms with Crippen LogP contribution in [0.1, 0.15) is 24.8 Å². The van der Waals surface area contributed by atoms with Gasteiger partial charge in [0.05, 0.1) is 6.54 Å². The summed E-state index contributed by atoms with van der Waals surface area (Å²) in [6, 6.07) is 7.97. The highest BCUT2D eigenvalue weighted by Gasteiger charge is 2.35. The molecule has 26 heavy (non-hydrogen) atoms. The number of aryl methyl sites for hydroxylation is 1. The Kier molecular flexibility index (Phi) is 4.44. The average Bonchev–Trinajstić information content (AvgIpc) is 3.51. The number of amides is 1. The van der Waals surface area contributed by atoms with Gasteiger partial charge in [0.2, 0.25) is 11.9 Å². The van der Waals surface area contributed by atoms with E-state index in [0.717, 1.165) is 43.6 Å². The van der Waals surface area contributed by atoms with Crippen molar-refractivity contribution < 1.29 is 4.79 Å². The largest absolute Gasteiger partial charge is 0.343 e. The monoisotopic (exact) mass is 347 g/mol. The van der Waals surface area contributed by atoms with Crippen molar-refractivity contribution in [2.75, 3.05) is 28.6 Å². The molecule has 0 saturated heterocycles. The molecule has 2 N–H and O–H groups in total. The SMILES string of the molecule is C#CCNc1nccc(Nc2ccc3c(c2)N(C(=O)C2CC2)CCC3)n1. The van der Waals surface area contributed by atoms with Crippen LogP contribution in [0.4, 0.5) is 23.1 Å². The zero-order valence-electron chi connectivity index (χ0n) is 14.5. The highest BCUT2D eigenvalue weighted by Crippen LogP contribution is 2.37. The lowest BCUT2D eigenvalue weighted by Crippen LogP contribution is -2.36. The zero-order chi connectivity index (χ0) is 17.9. The standard InChI is InChI=1S/C20H21N5O/c1-2-10-21-20-22-11-9-18(24-20)23-16-8-7-14-4-3-12-25(17(14)13-16)19(26)15-5-6-15/h1,7-9,11,13,15H,3-6,10,12H2,(H2,21,22,23,24). The molecule has 0 spiro atoms. The smallest absolute Gasteiger partial charge is 0.230 e. The Balaban J connectivity index is 1.56. The van der Waals surface area contributed by atoms with E-state index in [4.69, 9.17) is 6.42 Å². The van der Waals surface area contributed by atoms with Gasteiger partial charge in [-0.05, 0) is 49.4 Å². The Bertz CT molecular complexity index is 869. The molecule has 6 nitrogen and oxygen atoms in total. The molecule has 2 aliphatic rings. The second-order valence-electron chi connectivity index (χ2n) is 6.66. The number of carbonyl (C=O) groups is 1. The fourth-order valence-electron chi connectivity index (χ4n) is 3.22. The van der Waals surface area contributed by atoms with Crippen molar-refractivity contribution in [3.05, 3.63) is 36.0 Å². The molecular weight excluding hydrogens is 326 g/mol. The minimum absolute atomic E-state index is 0.226. The van der Waals surface area contributed by atoms with Gasteiger partial charge in [-0.25, -0.2) is 4.98 Å². The van der Waals surface area contributed by atoms with Crippen molar-refractivity contribution in [1.82, 2.24) is 9.97 Å². The lowest BCUT2D eigenvalue weighted by atomic mass is 10.0. The molecule has 0 radical (unpaired) electrons. The van der Waals surface area contributed by atoms with Gasteiger partial charge in [0.15, 0.2) is 0 Å². The fraction of sp³-hybridized carbons (Fsp3) is 0.350. The van der Waals surface area contributed by atoms with E-state index in [1.165, 1.54) is 5.56 Å². The Morgan fingerprint density at radius 1 is 1.35 bits per heavy atom. The van der Waals surface area contributed by atoms with E-state index < -0.39 is 0 Å². The van der Waals surface area contributed by atoms with Gasteiger partial charge in [0.25, 0.3) is 0 Å². The fourth-order valence-corrected chi connectivity index (χ4v) is 3.22. The van der Waals surface area contributed by atoms with Crippen molar-refractivity contribution in [2.45, 2.75) is 25.7 Å². The van der Waals surface area contributed by atoms with Crippen LogP contribution in [0.5, 0.6) is 0 Å². The summed E-state index contributed by atoms with van der Waals surface area (Å²) in [5.74, 6) is 4.15. The summed E-state index contributed by atoms with van der Waals surface area (Å²) in [7, 11) is 0. The van der Waals surface area contributed by atoms with Crippen molar-refractivity contribution in [2.24, 2.45) is 5.92 Å². The molecule has 6 heteroatoms. The van der Waals surface area contributed by atoms with E-state index in [2.05, 4.69) is 32.6 Å². The van der Waals surface area contributed by atoms with Crippen LogP contribution in [0.15, 0.2) is 30.5 Å². The quantitative estimate of drug-likeness (QED) is 0.814. The van der Waals surface area contributed by atoms with Crippen LogP contribution < -0.4 is 15.5 Å². The minimum Gasteiger partial charge on any atom is -0.343 e. The Morgan fingerprint density at radius 2 is 2.23 bits per heavy atom. The molecule has 1 aromatic heterocycles. The van der Waals surface area contributed by atoms with Gasteiger partial charge in [-0.1, -0.05) is 12.0 Å². The number of terminal acetylenes is 1. The third-order valence-electron chi connectivity index (χ3n) is 4.67. The number of hydrogen-bond acceptors (Lipinski definition) is 5. The molecule has 0 atom stereocenters. The highest BCUT2D eigenvalue weighted by atomic mass is 16.2. The molecule has 1 fully saturated rings. The molecular formula is C20H21N5O. The zero-order valence-corrected chi connectivity index (χ0v) is 14.5. The first-order chi connectivity index (χ1) is 12.7. The molecule has 1 amide bonds. The molecule has 4 rings (SSSR count). The summed E-state index contributed by atoms with van der Waals surface area (Å²) in [4.78, 5) is 23.1. The van der Waals surface area contributed by atoms with E-state index >= 15 is 0 Å². The van der Waals surface area contributed by atoms with E-state index in [9.17, 15) is 4.79 Å². The van der Waals surface area contributed by atoms with Gasteiger partial charge < -0.3 is 15.5 Å². The van der Waals surface area contributed by atoms with Crippen molar-refractivity contribution in [1.29, 1.82) is 0 Å². The second-order valence-corrected chi connectivity index (χ2v) is 6.66. The van der Waals surface area contributed by atoms with Gasteiger partial charge in [0.1, 0.15) is 5.82 Å². The number of nitrogens with zero attached hydrogens (tertiary/aromatic N) is 3. The van der Waals surface area contributed by atoms with E-state index in [1.54, 1.807) is 12.3 Å². The van der Waals surface area contributed by atoms with Crippen molar-refractivity contribution in [3.63, 3.8) is 0 Å². The molecule has 1 aromatic carbocycles. The molecule has 2 aromatic rings. The molecule has 132 valence electrons. The predicted octanol–water partition coefficient (Wildman–Crippen LogP) is 2.95. The maximum absolute atomic E-state index is 12.6. The number of carbonyl (C=O) groups excluding carboxylic acids is 1. The molecule has 1 saturated carbocycles. The van der Waals surface area contributed by atoms with Crippen LogP contribution in [0.25, 0.3) is 0 Å². The van der Waals surface area contributed by atoms with E-state index in [-0.39, 0.29) is 11.8 Å². The average molecular weight is 347 g/mol. The second kappa shape index (κ2) is 7.04. The maximum Gasteiger partial charge on any atom is 0.230 e. The topological polar surface area (TPSA) is 70.2 Å². The first kappa shape index (κ1) is 16.4. The summed E-state index contributed by atoms with van der Waals surface area (Å²) in [6.07, 6.45) is 11.0. The highest BCUT2D eigenvalue weighted by molar-refractivity contribution is 5.98. The number of rotatable bonds is 5. The molecule has 1 aliphatic carbocycles. The summed E-state index contributed by atoms with van der Waals surface area (Å²) in [5, 5.41) is 6.26. The molecule has 1 aliphatic heterocycles. The Labute approximate surface area is 153 Å². The van der Waals surface area contributed by atoms with Crippen LogP contribution >= 0.6 is 0 Å². The van der Waals surface area contributed by atoms with Crippen LogP contribution in [0.2, 0.25) is 0 Å². The first-order valence-corrected chi connectivity index (χ1v) is 8.96. The van der Waals surface area contributed by atoms with Crippen molar-refractivity contribution >= 4 is 29.0 Å². The van der Waals surface area contributed by atoms with Gasteiger partial charge >= 0.3 is 0 Å². The van der Waals surface area contributed by atoms with Crippen LogP contribution in [-0.2, 0) is 11.2 Å². The lowest BCUT2D eigenvalue weighted by Gasteiger charge is -2.30.